The van der Waals surface area contributed by atoms with Crippen LogP contribution in [0.25, 0.3) is 0 Å². The van der Waals surface area contributed by atoms with Crippen LogP contribution < -0.4 is 11.1 Å². The molecular weight excluding hydrogens is 381 g/mol. The summed E-state index contributed by atoms with van der Waals surface area (Å²) in [5, 5.41) is 3.07. The zero-order chi connectivity index (χ0) is 14.8. The van der Waals surface area contributed by atoms with Gasteiger partial charge in [0.05, 0.1) is 26.4 Å². The van der Waals surface area contributed by atoms with Gasteiger partial charge >= 0.3 is 0 Å². The van der Waals surface area contributed by atoms with Crippen LogP contribution in [0, 0.1) is 0 Å². The second-order valence-corrected chi connectivity index (χ2v) is 4.49. The molecule has 118 valence electrons. The summed E-state index contributed by atoms with van der Waals surface area (Å²) in [6, 6.07) is 7.81. The number of para-hydroxylation sites is 1. The van der Waals surface area contributed by atoms with Crippen LogP contribution in [0.1, 0.15) is 12.5 Å². The predicted molar refractivity (Wildman–Crippen MR) is 98.3 cm³/mol. The molecule has 3 N–H and O–H groups in total. The molecule has 0 aliphatic rings. The van der Waals surface area contributed by atoms with Crippen LogP contribution >= 0.6 is 24.0 Å². The Morgan fingerprint density at radius 2 is 2.10 bits per heavy atom. The van der Waals surface area contributed by atoms with Crippen molar-refractivity contribution in [3.05, 3.63) is 42.0 Å². The summed E-state index contributed by atoms with van der Waals surface area (Å²) >= 11 is 0. The molecule has 0 atom stereocenters. The monoisotopic (exact) mass is 405 g/mol. The Labute approximate surface area is 143 Å². The van der Waals surface area contributed by atoms with Crippen LogP contribution in [0.5, 0.6) is 0 Å². The molecule has 1 aromatic rings. The zero-order valence-electron chi connectivity index (χ0n) is 12.6. The van der Waals surface area contributed by atoms with Gasteiger partial charge in [-0.2, -0.15) is 0 Å². The van der Waals surface area contributed by atoms with Crippen molar-refractivity contribution in [3.8, 4) is 0 Å². The van der Waals surface area contributed by atoms with E-state index in [1.807, 2.05) is 31.2 Å². The fourth-order valence-electron chi connectivity index (χ4n) is 1.58. The minimum atomic E-state index is 0. The van der Waals surface area contributed by atoms with Crippen molar-refractivity contribution >= 4 is 35.6 Å². The number of guanidine groups is 1. The van der Waals surface area contributed by atoms with Gasteiger partial charge in [-0.1, -0.05) is 30.4 Å². The number of anilines is 1. The molecule has 0 saturated heterocycles. The van der Waals surface area contributed by atoms with E-state index < -0.39 is 0 Å². The number of ether oxygens (including phenoxy) is 2. The van der Waals surface area contributed by atoms with Gasteiger partial charge in [-0.05, 0) is 13.0 Å². The standard InChI is InChI=1S/C15H23N3O2.HI/c1-12(2)10-20-9-8-17-15(16)18-14-7-5-4-6-13(14)11-19-3;/h4-7H,1,8-11H2,2-3H3,(H3,16,17,18);1H. The predicted octanol–water partition coefficient (Wildman–Crippen LogP) is 2.77. The lowest BCUT2D eigenvalue weighted by atomic mass is 10.2. The Morgan fingerprint density at radius 3 is 2.76 bits per heavy atom. The summed E-state index contributed by atoms with van der Waals surface area (Å²) in [5.41, 5.74) is 8.77. The third kappa shape index (κ3) is 8.69. The minimum Gasteiger partial charge on any atom is -0.380 e. The normalized spacial score (nSPS) is 10.9. The van der Waals surface area contributed by atoms with Crippen LogP contribution in [0.3, 0.4) is 0 Å². The Balaban J connectivity index is 0.00000400. The first-order valence-electron chi connectivity index (χ1n) is 6.49. The van der Waals surface area contributed by atoms with Crippen molar-refractivity contribution in [1.29, 1.82) is 0 Å². The maximum Gasteiger partial charge on any atom is 0.193 e. The van der Waals surface area contributed by atoms with Crippen molar-refractivity contribution in [2.45, 2.75) is 13.5 Å². The first kappa shape index (κ1) is 19.9. The van der Waals surface area contributed by atoms with Crippen LogP contribution in [0.2, 0.25) is 0 Å². The highest BCUT2D eigenvalue weighted by Crippen LogP contribution is 2.15. The number of nitrogens with one attached hydrogen (secondary N) is 1. The molecule has 6 heteroatoms. The number of methoxy groups -OCH3 is 1. The highest BCUT2D eigenvalue weighted by molar-refractivity contribution is 14.0. The highest BCUT2D eigenvalue weighted by Gasteiger charge is 2.02. The molecule has 5 nitrogen and oxygen atoms in total. The number of aliphatic imine (C=N–C) groups is 1. The first-order valence-corrected chi connectivity index (χ1v) is 6.49. The van der Waals surface area contributed by atoms with Crippen molar-refractivity contribution in [1.82, 2.24) is 0 Å². The molecule has 0 aromatic heterocycles. The van der Waals surface area contributed by atoms with Gasteiger partial charge in [0.25, 0.3) is 0 Å². The van der Waals surface area contributed by atoms with E-state index in [0.717, 1.165) is 16.8 Å². The molecule has 0 heterocycles. The molecule has 0 saturated carbocycles. The summed E-state index contributed by atoms with van der Waals surface area (Å²) < 4.78 is 10.5. The average molecular weight is 405 g/mol. The summed E-state index contributed by atoms with van der Waals surface area (Å²) in [6.45, 7) is 7.80. The lowest BCUT2D eigenvalue weighted by Gasteiger charge is -2.10. The largest absolute Gasteiger partial charge is 0.380 e. The van der Waals surface area contributed by atoms with Gasteiger partial charge in [-0.15, -0.1) is 24.0 Å². The number of hydrogen-bond donors (Lipinski definition) is 2. The summed E-state index contributed by atoms with van der Waals surface area (Å²) in [7, 11) is 1.66. The molecule has 0 aliphatic heterocycles. The Kier molecular flexibility index (Phi) is 10.9. The maximum atomic E-state index is 5.84. The van der Waals surface area contributed by atoms with Gasteiger partial charge in [0, 0.05) is 18.4 Å². The Hall–Kier alpha value is -1.12. The van der Waals surface area contributed by atoms with Gasteiger partial charge in [-0.25, -0.2) is 0 Å². The van der Waals surface area contributed by atoms with Crippen LogP contribution in [0.4, 0.5) is 5.69 Å². The van der Waals surface area contributed by atoms with Crippen LogP contribution in [-0.4, -0.2) is 32.8 Å². The van der Waals surface area contributed by atoms with E-state index in [4.69, 9.17) is 15.2 Å². The number of rotatable bonds is 8. The Morgan fingerprint density at radius 1 is 1.38 bits per heavy atom. The van der Waals surface area contributed by atoms with E-state index in [9.17, 15) is 0 Å². The summed E-state index contributed by atoms with van der Waals surface area (Å²) in [6.07, 6.45) is 0. The minimum absolute atomic E-state index is 0. The van der Waals surface area contributed by atoms with E-state index in [1.54, 1.807) is 7.11 Å². The topological polar surface area (TPSA) is 68.9 Å². The average Bonchev–Trinajstić information content (AvgIpc) is 2.40. The van der Waals surface area contributed by atoms with Crippen molar-refractivity contribution in [2.24, 2.45) is 10.7 Å². The summed E-state index contributed by atoms with van der Waals surface area (Å²) in [4.78, 5) is 4.21. The zero-order valence-corrected chi connectivity index (χ0v) is 14.9. The summed E-state index contributed by atoms with van der Waals surface area (Å²) in [5.74, 6) is 0.368. The maximum absolute atomic E-state index is 5.84. The molecule has 0 radical (unpaired) electrons. The van der Waals surface area contributed by atoms with E-state index >= 15 is 0 Å². The van der Waals surface area contributed by atoms with Crippen molar-refractivity contribution in [3.63, 3.8) is 0 Å². The van der Waals surface area contributed by atoms with Crippen LogP contribution in [0.15, 0.2) is 41.4 Å². The third-order valence-corrected chi connectivity index (χ3v) is 2.45. The molecule has 0 aliphatic carbocycles. The van der Waals surface area contributed by atoms with Gasteiger partial charge in [0.1, 0.15) is 0 Å². The molecule has 0 amide bonds. The molecular formula is C15H24IN3O2. The SMILES string of the molecule is C=C(C)COCCN=C(N)Nc1ccccc1COC.I. The third-order valence-electron chi connectivity index (χ3n) is 2.45. The van der Waals surface area contributed by atoms with E-state index in [0.29, 0.717) is 32.3 Å². The van der Waals surface area contributed by atoms with Gasteiger partial charge < -0.3 is 20.5 Å². The molecule has 0 unspecified atom stereocenters. The Bertz CT molecular complexity index is 464. The van der Waals surface area contributed by atoms with Gasteiger partial charge in [0.15, 0.2) is 5.96 Å². The second kappa shape index (κ2) is 11.5. The van der Waals surface area contributed by atoms with Crippen molar-refractivity contribution in [2.75, 3.05) is 32.2 Å². The van der Waals surface area contributed by atoms with E-state index in [1.165, 1.54) is 0 Å². The van der Waals surface area contributed by atoms with Gasteiger partial charge in [0.2, 0.25) is 0 Å². The fourth-order valence-corrected chi connectivity index (χ4v) is 1.58. The molecule has 0 bridgehead atoms. The number of halogens is 1. The smallest absolute Gasteiger partial charge is 0.193 e. The quantitative estimate of drug-likeness (QED) is 0.230. The number of hydrogen-bond acceptors (Lipinski definition) is 3. The second-order valence-electron chi connectivity index (χ2n) is 4.49. The molecule has 1 rings (SSSR count). The lowest BCUT2D eigenvalue weighted by molar-refractivity contribution is 0.165. The number of nitrogens with zero attached hydrogens (tertiary/aromatic N) is 1. The molecule has 0 fully saturated rings. The van der Waals surface area contributed by atoms with Crippen LogP contribution in [-0.2, 0) is 16.1 Å². The lowest BCUT2D eigenvalue weighted by Crippen LogP contribution is -2.24. The van der Waals surface area contributed by atoms with Gasteiger partial charge in [-0.3, -0.25) is 4.99 Å². The van der Waals surface area contributed by atoms with E-state index in [-0.39, 0.29) is 24.0 Å². The number of benzene rings is 1. The molecule has 0 spiro atoms. The first-order chi connectivity index (χ1) is 9.63. The molecule has 21 heavy (non-hydrogen) atoms. The number of nitrogens with two attached hydrogens (primary N) is 1. The van der Waals surface area contributed by atoms with Crippen molar-refractivity contribution < 1.29 is 9.47 Å². The molecule has 1 aromatic carbocycles. The fraction of sp³-hybridized carbons (Fsp3) is 0.400. The highest BCUT2D eigenvalue weighted by atomic mass is 127. The van der Waals surface area contributed by atoms with E-state index in [2.05, 4.69) is 16.9 Å².